The van der Waals surface area contributed by atoms with Gasteiger partial charge in [-0.15, -0.1) is 0 Å². The van der Waals surface area contributed by atoms with Gasteiger partial charge in [0, 0.05) is 11.1 Å². The third-order valence-electron chi connectivity index (χ3n) is 3.44. The molecule has 3 aromatic carbocycles. The zero-order valence-corrected chi connectivity index (χ0v) is 13.7. The van der Waals surface area contributed by atoms with E-state index in [1.807, 2.05) is 6.07 Å². The number of benzene rings is 3. The van der Waals surface area contributed by atoms with E-state index in [0.717, 1.165) is 12.1 Å². The van der Waals surface area contributed by atoms with E-state index in [0.29, 0.717) is 11.1 Å². The zero-order valence-electron chi connectivity index (χ0n) is 12.9. The number of halogens is 1. The van der Waals surface area contributed by atoms with Crippen LogP contribution in [0, 0.1) is 5.82 Å². The summed E-state index contributed by atoms with van der Waals surface area (Å²) in [5.41, 5.74) is 0.935. The first kappa shape index (κ1) is 16.9. The Morgan fingerprint density at radius 3 is 2.08 bits per heavy atom. The number of carbonyl (C=O) groups excluding carboxylic acids is 1. The minimum absolute atomic E-state index is 0.0360. The van der Waals surface area contributed by atoms with Crippen molar-refractivity contribution in [1.29, 1.82) is 0 Å². The molecule has 3 aromatic rings. The Bertz CT molecular complexity index is 997. The van der Waals surface area contributed by atoms with Crippen LogP contribution in [0.2, 0.25) is 0 Å². The second-order valence-corrected chi connectivity index (χ2v) is 6.76. The molecule has 0 aliphatic rings. The summed E-state index contributed by atoms with van der Waals surface area (Å²) < 4.78 is 42.4. The Morgan fingerprint density at radius 2 is 1.44 bits per heavy atom. The highest BCUT2D eigenvalue weighted by Crippen LogP contribution is 2.21. The summed E-state index contributed by atoms with van der Waals surface area (Å²) in [7, 11) is -4.15. The predicted molar refractivity (Wildman–Crippen MR) is 90.5 cm³/mol. The van der Waals surface area contributed by atoms with Gasteiger partial charge in [0.2, 0.25) is 0 Å². The van der Waals surface area contributed by atoms with Gasteiger partial charge < -0.3 is 4.18 Å². The van der Waals surface area contributed by atoms with Crippen molar-refractivity contribution in [2.24, 2.45) is 0 Å². The molecule has 25 heavy (non-hydrogen) atoms. The lowest BCUT2D eigenvalue weighted by Crippen LogP contribution is -2.10. The molecule has 0 saturated carbocycles. The molecular formula is C19H13FO4S. The van der Waals surface area contributed by atoms with Gasteiger partial charge in [0.1, 0.15) is 16.5 Å². The van der Waals surface area contributed by atoms with Gasteiger partial charge in [-0.05, 0) is 42.5 Å². The summed E-state index contributed by atoms with van der Waals surface area (Å²) >= 11 is 0. The fourth-order valence-corrected chi connectivity index (χ4v) is 3.18. The van der Waals surface area contributed by atoms with Gasteiger partial charge in [-0.1, -0.05) is 36.4 Å². The largest absolute Gasteiger partial charge is 0.379 e. The van der Waals surface area contributed by atoms with E-state index in [4.69, 9.17) is 4.18 Å². The molecule has 0 N–H and O–H groups in total. The van der Waals surface area contributed by atoms with Crippen LogP contribution in [0.1, 0.15) is 15.9 Å². The van der Waals surface area contributed by atoms with Crippen LogP contribution in [-0.4, -0.2) is 14.2 Å². The zero-order chi connectivity index (χ0) is 17.9. The third-order valence-corrected chi connectivity index (χ3v) is 4.69. The molecule has 0 fully saturated rings. The quantitative estimate of drug-likeness (QED) is 0.515. The van der Waals surface area contributed by atoms with Crippen molar-refractivity contribution in [1.82, 2.24) is 0 Å². The molecule has 4 nitrogen and oxygen atoms in total. The normalized spacial score (nSPS) is 11.1. The number of hydrogen-bond acceptors (Lipinski definition) is 4. The number of carbonyl (C=O) groups is 1. The minimum Gasteiger partial charge on any atom is -0.379 e. The molecule has 0 spiro atoms. The van der Waals surface area contributed by atoms with E-state index in [2.05, 4.69) is 0 Å². The fraction of sp³-hybridized carbons (Fsp3) is 0. The van der Waals surface area contributed by atoms with E-state index in [-0.39, 0.29) is 16.4 Å². The van der Waals surface area contributed by atoms with Crippen molar-refractivity contribution in [3.05, 3.63) is 95.8 Å². The van der Waals surface area contributed by atoms with Crippen molar-refractivity contribution in [2.45, 2.75) is 4.90 Å². The van der Waals surface area contributed by atoms with Crippen molar-refractivity contribution < 1.29 is 21.8 Å². The fourth-order valence-electron chi connectivity index (χ4n) is 2.22. The van der Waals surface area contributed by atoms with Crippen molar-refractivity contribution >= 4 is 15.9 Å². The SMILES string of the molecule is O=C(c1ccccc1)c1ccc(OS(=O)(=O)c2cccc(F)c2)cc1. The summed E-state index contributed by atoms with van der Waals surface area (Å²) in [6, 6.07) is 19.0. The molecular weight excluding hydrogens is 343 g/mol. The molecule has 0 heterocycles. The topological polar surface area (TPSA) is 60.4 Å². The highest BCUT2D eigenvalue weighted by Gasteiger charge is 2.17. The molecule has 0 aliphatic heterocycles. The Labute approximate surface area is 144 Å². The molecule has 0 bridgehead atoms. The summed E-state index contributed by atoms with van der Waals surface area (Å²) in [6.45, 7) is 0. The first-order valence-electron chi connectivity index (χ1n) is 7.35. The van der Waals surface area contributed by atoms with Crippen LogP contribution in [0.4, 0.5) is 4.39 Å². The molecule has 3 rings (SSSR count). The van der Waals surface area contributed by atoms with Gasteiger partial charge in [-0.3, -0.25) is 4.79 Å². The highest BCUT2D eigenvalue weighted by atomic mass is 32.2. The van der Waals surface area contributed by atoms with Crippen LogP contribution in [0.5, 0.6) is 5.75 Å². The predicted octanol–water partition coefficient (Wildman–Crippen LogP) is 3.82. The Balaban J connectivity index is 1.80. The first-order chi connectivity index (χ1) is 12.0. The van der Waals surface area contributed by atoms with Crippen LogP contribution in [-0.2, 0) is 10.1 Å². The molecule has 0 atom stereocenters. The molecule has 0 amide bonds. The number of rotatable bonds is 5. The van der Waals surface area contributed by atoms with Crippen LogP contribution < -0.4 is 4.18 Å². The lowest BCUT2D eigenvalue weighted by molar-refractivity contribution is 0.103. The smallest absolute Gasteiger partial charge is 0.339 e. The molecule has 6 heteroatoms. The molecule has 0 saturated heterocycles. The second-order valence-electron chi connectivity index (χ2n) is 5.21. The van der Waals surface area contributed by atoms with Gasteiger partial charge in [0.05, 0.1) is 0 Å². The first-order valence-corrected chi connectivity index (χ1v) is 8.76. The van der Waals surface area contributed by atoms with Gasteiger partial charge in [-0.25, -0.2) is 4.39 Å². The lowest BCUT2D eigenvalue weighted by atomic mass is 10.0. The maximum absolute atomic E-state index is 13.2. The standard InChI is InChI=1S/C19H13FO4S/c20-16-7-4-8-18(13-16)25(22,23)24-17-11-9-15(10-12-17)19(21)14-5-2-1-3-6-14/h1-13H. The monoisotopic (exact) mass is 356 g/mol. The van der Waals surface area contributed by atoms with E-state index >= 15 is 0 Å². The van der Waals surface area contributed by atoms with Gasteiger partial charge >= 0.3 is 10.1 Å². The summed E-state index contributed by atoms with van der Waals surface area (Å²) in [4.78, 5) is 12.0. The summed E-state index contributed by atoms with van der Waals surface area (Å²) in [6.07, 6.45) is 0. The average molecular weight is 356 g/mol. The average Bonchev–Trinajstić information content (AvgIpc) is 2.62. The molecule has 0 aliphatic carbocycles. The van der Waals surface area contributed by atoms with Crippen LogP contribution in [0.3, 0.4) is 0 Å². The lowest BCUT2D eigenvalue weighted by Gasteiger charge is -2.08. The maximum atomic E-state index is 13.2. The van der Waals surface area contributed by atoms with Gasteiger partial charge in [0.15, 0.2) is 5.78 Å². The number of ketones is 1. The summed E-state index contributed by atoms with van der Waals surface area (Å²) in [5, 5.41) is 0. The highest BCUT2D eigenvalue weighted by molar-refractivity contribution is 7.87. The summed E-state index contributed by atoms with van der Waals surface area (Å²) in [5.74, 6) is -0.817. The third kappa shape index (κ3) is 3.92. The Hall–Kier alpha value is -2.99. The van der Waals surface area contributed by atoms with E-state index in [9.17, 15) is 17.6 Å². The molecule has 0 unspecified atom stereocenters. The van der Waals surface area contributed by atoms with Crippen LogP contribution >= 0.6 is 0 Å². The van der Waals surface area contributed by atoms with Gasteiger partial charge in [0.25, 0.3) is 0 Å². The van der Waals surface area contributed by atoms with Crippen molar-refractivity contribution in [3.8, 4) is 5.75 Å². The second kappa shape index (κ2) is 6.86. The molecule has 0 radical (unpaired) electrons. The van der Waals surface area contributed by atoms with E-state index < -0.39 is 15.9 Å². The maximum Gasteiger partial charge on any atom is 0.339 e. The Morgan fingerprint density at radius 1 is 0.800 bits per heavy atom. The Kier molecular flexibility index (Phi) is 4.63. The van der Waals surface area contributed by atoms with Crippen LogP contribution in [0.25, 0.3) is 0 Å². The van der Waals surface area contributed by atoms with E-state index in [1.54, 1.807) is 24.3 Å². The van der Waals surface area contributed by atoms with Gasteiger partial charge in [-0.2, -0.15) is 8.42 Å². The molecule has 0 aromatic heterocycles. The van der Waals surface area contributed by atoms with Crippen LogP contribution in [0.15, 0.2) is 83.8 Å². The van der Waals surface area contributed by atoms with E-state index in [1.165, 1.54) is 36.4 Å². The molecule has 126 valence electrons. The van der Waals surface area contributed by atoms with Crippen molar-refractivity contribution in [2.75, 3.05) is 0 Å². The minimum atomic E-state index is -4.15. The number of hydrogen-bond donors (Lipinski definition) is 0. The van der Waals surface area contributed by atoms with Crippen molar-refractivity contribution in [3.63, 3.8) is 0 Å².